The maximum Gasteiger partial charge on any atom is 0.293 e. The van der Waals surface area contributed by atoms with Gasteiger partial charge in [-0.15, -0.1) is 0 Å². The van der Waals surface area contributed by atoms with Crippen molar-refractivity contribution in [2.45, 2.75) is 45.2 Å². The van der Waals surface area contributed by atoms with Crippen LogP contribution in [0, 0.1) is 10.1 Å². The largest absolute Gasteiger partial charge is 0.369 e. The van der Waals surface area contributed by atoms with Crippen molar-refractivity contribution < 1.29 is 14.5 Å². The van der Waals surface area contributed by atoms with Crippen LogP contribution >= 0.6 is 11.8 Å². The minimum absolute atomic E-state index is 0.00475. The molecule has 1 atom stereocenters. The quantitative estimate of drug-likeness (QED) is 0.344. The topological polar surface area (TPSA) is 83.8 Å². The van der Waals surface area contributed by atoms with Crippen molar-refractivity contribution in [2.75, 3.05) is 11.9 Å². The molecule has 1 saturated heterocycles. The van der Waals surface area contributed by atoms with E-state index in [1.165, 1.54) is 23.4 Å². The van der Waals surface area contributed by atoms with E-state index in [-0.39, 0.29) is 28.9 Å². The Morgan fingerprint density at radius 1 is 1.22 bits per heavy atom. The van der Waals surface area contributed by atoms with Gasteiger partial charge in [0.15, 0.2) is 0 Å². The maximum atomic E-state index is 12.9. The molecule has 0 unspecified atom stereocenters. The molecule has 8 heteroatoms. The number of nitrogens with zero attached hydrogens (tertiary/aromatic N) is 3. The number of rotatable bonds is 4. The minimum atomic E-state index is -0.493. The summed E-state index contributed by atoms with van der Waals surface area (Å²) in [5, 5.41) is 10.6. The number of amides is 2. The molecule has 2 aliphatic rings. The van der Waals surface area contributed by atoms with Gasteiger partial charge in [-0.05, 0) is 72.8 Å². The zero-order valence-corrected chi connectivity index (χ0v) is 19.3. The van der Waals surface area contributed by atoms with Crippen LogP contribution in [0.25, 0.3) is 6.08 Å². The molecule has 0 radical (unpaired) electrons. The third-order valence-electron chi connectivity index (χ3n) is 6.29. The second-order valence-electron chi connectivity index (χ2n) is 8.99. The van der Waals surface area contributed by atoms with E-state index in [0.717, 1.165) is 28.6 Å². The molecule has 0 N–H and O–H groups in total. The Balaban J connectivity index is 1.58. The van der Waals surface area contributed by atoms with Gasteiger partial charge in [0.2, 0.25) is 0 Å². The number of nitro benzene ring substituents is 1. The number of anilines is 1. The molecule has 2 amide bonds. The maximum absolute atomic E-state index is 12.9. The zero-order chi connectivity index (χ0) is 23.2. The van der Waals surface area contributed by atoms with Gasteiger partial charge in [-0.25, -0.2) is 0 Å². The molecule has 0 aromatic heterocycles. The third kappa shape index (κ3) is 4.02. The minimum Gasteiger partial charge on any atom is -0.369 e. The molecule has 0 bridgehead atoms. The van der Waals surface area contributed by atoms with E-state index in [1.54, 1.807) is 18.2 Å². The second-order valence-corrected chi connectivity index (χ2v) is 9.98. The van der Waals surface area contributed by atoms with E-state index >= 15 is 0 Å². The molecule has 32 heavy (non-hydrogen) atoms. The zero-order valence-electron chi connectivity index (χ0n) is 18.5. The van der Waals surface area contributed by atoms with Crippen molar-refractivity contribution in [2.24, 2.45) is 0 Å². The Labute approximate surface area is 191 Å². The van der Waals surface area contributed by atoms with E-state index in [1.807, 2.05) is 6.07 Å². The summed E-state index contributed by atoms with van der Waals surface area (Å²) < 4.78 is 0. The van der Waals surface area contributed by atoms with Crippen LogP contribution in [0.5, 0.6) is 0 Å². The summed E-state index contributed by atoms with van der Waals surface area (Å²) in [5.41, 5.74) is 3.84. The van der Waals surface area contributed by atoms with Gasteiger partial charge in [0.25, 0.3) is 16.8 Å². The van der Waals surface area contributed by atoms with E-state index in [0.29, 0.717) is 16.4 Å². The predicted molar refractivity (Wildman–Crippen MR) is 127 cm³/mol. The summed E-state index contributed by atoms with van der Waals surface area (Å²) >= 11 is 0.899. The number of carbonyl (C=O) groups excluding carboxylic acids is 2. The lowest BCUT2D eigenvalue weighted by Crippen LogP contribution is -2.45. The predicted octanol–water partition coefficient (Wildman–Crippen LogP) is 5.55. The molecule has 2 aliphatic heterocycles. The van der Waals surface area contributed by atoms with Crippen LogP contribution in [0.3, 0.4) is 0 Å². The Morgan fingerprint density at radius 3 is 2.69 bits per heavy atom. The van der Waals surface area contributed by atoms with Crippen molar-refractivity contribution in [1.29, 1.82) is 0 Å². The van der Waals surface area contributed by atoms with Crippen LogP contribution in [-0.2, 0) is 11.3 Å². The van der Waals surface area contributed by atoms with Gasteiger partial charge >= 0.3 is 0 Å². The van der Waals surface area contributed by atoms with Gasteiger partial charge in [0, 0.05) is 30.4 Å². The first-order valence-electron chi connectivity index (χ1n) is 10.4. The lowest BCUT2D eigenvalue weighted by atomic mass is 9.80. The molecular formula is C24H25N3O4S. The summed E-state index contributed by atoms with van der Waals surface area (Å²) in [6.07, 6.45) is 2.78. The molecule has 0 saturated carbocycles. The molecule has 0 spiro atoms. The number of hydrogen-bond donors (Lipinski definition) is 0. The molecule has 0 aliphatic carbocycles. The van der Waals surface area contributed by atoms with Crippen molar-refractivity contribution in [3.8, 4) is 0 Å². The first kappa shape index (κ1) is 22.1. The van der Waals surface area contributed by atoms with Crippen LogP contribution < -0.4 is 4.90 Å². The van der Waals surface area contributed by atoms with Crippen molar-refractivity contribution in [1.82, 2.24) is 4.90 Å². The Morgan fingerprint density at radius 2 is 1.97 bits per heavy atom. The molecule has 2 aromatic rings. The van der Waals surface area contributed by atoms with Crippen LogP contribution in [0.4, 0.5) is 16.2 Å². The fourth-order valence-electron chi connectivity index (χ4n) is 4.42. The van der Waals surface area contributed by atoms with Gasteiger partial charge < -0.3 is 4.90 Å². The van der Waals surface area contributed by atoms with Crippen molar-refractivity contribution in [3.63, 3.8) is 0 Å². The Bertz CT molecular complexity index is 1160. The number of thioether (sulfide) groups is 1. The van der Waals surface area contributed by atoms with Crippen LogP contribution in [0.1, 0.15) is 49.8 Å². The highest BCUT2D eigenvalue weighted by Crippen LogP contribution is 2.43. The molecule has 7 nitrogen and oxygen atoms in total. The second kappa shape index (κ2) is 8.09. The summed E-state index contributed by atoms with van der Waals surface area (Å²) in [5.74, 6) is 0.00371. The number of nitro groups is 1. The first-order chi connectivity index (χ1) is 15.1. The molecule has 2 aromatic carbocycles. The number of carbonyl (C=O) groups is 2. The van der Waals surface area contributed by atoms with Gasteiger partial charge in [-0.1, -0.05) is 25.1 Å². The average molecular weight is 452 g/mol. The van der Waals surface area contributed by atoms with Crippen LogP contribution in [-0.4, -0.2) is 33.6 Å². The highest BCUT2D eigenvalue weighted by atomic mass is 32.2. The first-order valence-corrected chi connectivity index (χ1v) is 11.2. The van der Waals surface area contributed by atoms with Crippen molar-refractivity contribution in [3.05, 3.63) is 74.2 Å². The molecule has 1 fully saturated rings. The molecule has 166 valence electrons. The third-order valence-corrected chi connectivity index (χ3v) is 7.20. The van der Waals surface area contributed by atoms with Gasteiger partial charge in [-0.3, -0.25) is 24.6 Å². The molecule has 4 rings (SSSR count). The number of benzene rings is 2. The highest BCUT2D eigenvalue weighted by molar-refractivity contribution is 8.18. The smallest absolute Gasteiger partial charge is 0.293 e. The Kier molecular flexibility index (Phi) is 5.58. The van der Waals surface area contributed by atoms with Gasteiger partial charge in [0.1, 0.15) is 0 Å². The lowest BCUT2D eigenvalue weighted by molar-refractivity contribution is -0.384. The van der Waals surface area contributed by atoms with Gasteiger partial charge in [0.05, 0.1) is 16.4 Å². The number of hydrogen-bond acceptors (Lipinski definition) is 6. The normalized spacial score (nSPS) is 21.2. The monoisotopic (exact) mass is 451 g/mol. The fraction of sp³-hybridized carbons (Fsp3) is 0.333. The average Bonchev–Trinajstić information content (AvgIpc) is 2.99. The number of imide groups is 1. The van der Waals surface area contributed by atoms with Crippen LogP contribution in [0.15, 0.2) is 47.4 Å². The fourth-order valence-corrected chi connectivity index (χ4v) is 5.26. The van der Waals surface area contributed by atoms with E-state index < -0.39 is 4.92 Å². The summed E-state index contributed by atoms with van der Waals surface area (Å²) in [4.78, 5) is 39.7. The number of fused-ring (bicyclic) bond motifs is 1. The number of non-ortho nitro benzene ring substituents is 1. The van der Waals surface area contributed by atoms with E-state index in [2.05, 4.69) is 44.9 Å². The lowest BCUT2D eigenvalue weighted by Gasteiger charge is -2.45. The highest BCUT2D eigenvalue weighted by Gasteiger charge is 2.36. The van der Waals surface area contributed by atoms with Crippen LogP contribution in [0.2, 0.25) is 0 Å². The Hall–Kier alpha value is -3.13. The van der Waals surface area contributed by atoms with Gasteiger partial charge in [-0.2, -0.15) is 0 Å². The summed E-state index contributed by atoms with van der Waals surface area (Å²) in [7, 11) is 2.10. The van der Waals surface area contributed by atoms with E-state index in [9.17, 15) is 19.7 Å². The molecule has 2 heterocycles. The molecular weight excluding hydrogens is 426 g/mol. The summed E-state index contributed by atoms with van der Waals surface area (Å²) in [6, 6.07) is 12.1. The SMILES string of the molecule is C[C@@H]1CC(C)(C)N(C)c2ccc(/C=C3\SC(=O)N(Cc4cccc([N+](=O)[O-])c4)C3=O)cc21. The van der Waals surface area contributed by atoms with Crippen molar-refractivity contribution >= 4 is 40.4 Å². The van der Waals surface area contributed by atoms with E-state index in [4.69, 9.17) is 0 Å². The summed E-state index contributed by atoms with van der Waals surface area (Å²) in [6.45, 7) is 6.69. The standard InChI is InChI=1S/C24H25N3O4S/c1-15-13-24(2,3)25(4)20-9-8-16(11-19(15)20)12-21-22(28)26(23(29)32-21)14-17-6-5-7-18(10-17)27(30)31/h5-12,15H,13-14H2,1-4H3/b21-12-/t15-/m1/s1.